The minimum Gasteiger partial charge on any atom is -0.478 e. The second-order valence-electron chi connectivity index (χ2n) is 6.62. The van der Waals surface area contributed by atoms with Gasteiger partial charge in [-0.1, -0.05) is 0 Å². The van der Waals surface area contributed by atoms with Crippen LogP contribution in [-0.2, 0) is 4.79 Å². The molecule has 0 bridgehead atoms. The average molecular weight is 379 g/mol. The van der Waals surface area contributed by atoms with Gasteiger partial charge in [0, 0.05) is 17.9 Å². The van der Waals surface area contributed by atoms with E-state index in [1.807, 2.05) is 0 Å². The van der Waals surface area contributed by atoms with Gasteiger partial charge in [-0.3, -0.25) is 9.69 Å². The smallest absolute Gasteiger partial charge is 0.336 e. The number of carbonyl (C=O) groups excluding carboxylic acids is 1. The van der Waals surface area contributed by atoms with Crippen LogP contribution in [0.5, 0.6) is 0 Å². The van der Waals surface area contributed by atoms with Crippen molar-refractivity contribution in [2.75, 3.05) is 11.9 Å². The molecule has 144 valence electrons. The molecule has 2 atom stereocenters. The second-order valence-corrected chi connectivity index (χ2v) is 6.62. The van der Waals surface area contributed by atoms with E-state index in [1.165, 1.54) is 23.2 Å². The van der Waals surface area contributed by atoms with Crippen LogP contribution in [0.3, 0.4) is 0 Å². The maximum Gasteiger partial charge on any atom is 0.336 e. The Labute approximate surface area is 154 Å². The predicted molar refractivity (Wildman–Crippen MR) is 95.5 cm³/mol. The SMILES string of the molecule is CC(C)N1CC(F)(F)C(=O)NC2C=NC(Nc3ccc(C(=O)O)cc3)=NC21. The number of anilines is 1. The normalized spacial score (nSPS) is 24.6. The predicted octanol–water partition coefficient (Wildman–Crippen LogP) is 1.41. The van der Waals surface area contributed by atoms with E-state index in [2.05, 4.69) is 20.6 Å². The number of nitrogens with one attached hydrogen (secondary N) is 2. The van der Waals surface area contributed by atoms with Crippen molar-refractivity contribution in [1.82, 2.24) is 10.2 Å². The van der Waals surface area contributed by atoms with Crippen LogP contribution in [0.1, 0.15) is 24.2 Å². The Hall–Kier alpha value is -2.88. The summed E-state index contributed by atoms with van der Waals surface area (Å²) in [6.07, 6.45) is 0.640. The highest BCUT2D eigenvalue weighted by Crippen LogP contribution is 2.26. The van der Waals surface area contributed by atoms with Gasteiger partial charge in [-0.25, -0.2) is 14.8 Å². The van der Waals surface area contributed by atoms with Gasteiger partial charge in [0.15, 0.2) is 0 Å². The molecule has 3 rings (SSSR count). The molecule has 2 unspecified atom stereocenters. The van der Waals surface area contributed by atoms with Crippen molar-refractivity contribution in [1.29, 1.82) is 0 Å². The highest BCUT2D eigenvalue weighted by molar-refractivity contribution is 6.02. The third-order valence-electron chi connectivity index (χ3n) is 4.34. The van der Waals surface area contributed by atoms with Crippen molar-refractivity contribution in [3.8, 4) is 0 Å². The third-order valence-corrected chi connectivity index (χ3v) is 4.34. The number of aromatic carboxylic acids is 1. The first kappa shape index (κ1) is 18.9. The zero-order chi connectivity index (χ0) is 19.8. The number of fused-ring (bicyclic) bond motifs is 1. The van der Waals surface area contributed by atoms with E-state index >= 15 is 0 Å². The van der Waals surface area contributed by atoms with Crippen molar-refractivity contribution in [3.63, 3.8) is 0 Å². The summed E-state index contributed by atoms with van der Waals surface area (Å²) in [5, 5.41) is 14.1. The van der Waals surface area contributed by atoms with E-state index in [1.54, 1.807) is 26.0 Å². The Morgan fingerprint density at radius 1 is 1.37 bits per heavy atom. The number of carbonyl (C=O) groups is 2. The van der Waals surface area contributed by atoms with E-state index in [0.29, 0.717) is 5.69 Å². The fraction of sp³-hybridized carbons (Fsp3) is 0.412. The molecule has 2 aliphatic rings. The standard InChI is InChI=1S/C17H19F2N5O3/c1-9(2)24-8-17(18,19)15(27)22-12-7-20-16(23-13(12)24)21-11-5-3-10(4-6-11)14(25)26/h3-7,9,12-13H,8H2,1-2H3,(H,21,23)(H,22,27)(H,25,26). The molecule has 0 saturated carbocycles. The molecule has 10 heteroatoms. The first-order valence-corrected chi connectivity index (χ1v) is 8.34. The van der Waals surface area contributed by atoms with Gasteiger partial charge in [-0.05, 0) is 38.1 Å². The monoisotopic (exact) mass is 379 g/mol. The summed E-state index contributed by atoms with van der Waals surface area (Å²) >= 11 is 0. The molecule has 27 heavy (non-hydrogen) atoms. The van der Waals surface area contributed by atoms with E-state index in [0.717, 1.165) is 0 Å². The molecule has 1 amide bonds. The molecule has 0 aliphatic carbocycles. The average Bonchev–Trinajstić information content (AvgIpc) is 2.70. The van der Waals surface area contributed by atoms with E-state index < -0.39 is 36.6 Å². The van der Waals surface area contributed by atoms with Gasteiger partial charge in [0.25, 0.3) is 5.91 Å². The van der Waals surface area contributed by atoms with Crippen molar-refractivity contribution in [2.24, 2.45) is 9.98 Å². The number of carboxylic acid groups (broad SMARTS) is 1. The van der Waals surface area contributed by atoms with Crippen LogP contribution in [0.4, 0.5) is 14.5 Å². The van der Waals surface area contributed by atoms with Gasteiger partial charge in [0.1, 0.15) is 12.2 Å². The first-order chi connectivity index (χ1) is 12.7. The number of amides is 1. The van der Waals surface area contributed by atoms with Gasteiger partial charge < -0.3 is 15.7 Å². The van der Waals surface area contributed by atoms with Crippen LogP contribution >= 0.6 is 0 Å². The molecule has 2 aliphatic heterocycles. The number of alkyl halides is 2. The maximum atomic E-state index is 14.0. The third kappa shape index (κ3) is 3.95. The van der Waals surface area contributed by atoms with Gasteiger partial charge in [-0.15, -0.1) is 0 Å². The van der Waals surface area contributed by atoms with Crippen LogP contribution in [0, 0.1) is 0 Å². The number of aliphatic imine (C=N–C) groups is 2. The van der Waals surface area contributed by atoms with Crippen LogP contribution in [0.25, 0.3) is 0 Å². The van der Waals surface area contributed by atoms with E-state index in [4.69, 9.17) is 5.11 Å². The largest absolute Gasteiger partial charge is 0.478 e. The molecule has 3 N–H and O–H groups in total. The summed E-state index contributed by atoms with van der Waals surface area (Å²) in [5.41, 5.74) is 0.683. The summed E-state index contributed by atoms with van der Waals surface area (Å²) in [7, 11) is 0. The molecule has 1 fully saturated rings. The van der Waals surface area contributed by atoms with E-state index in [-0.39, 0.29) is 17.6 Å². The summed E-state index contributed by atoms with van der Waals surface area (Å²) < 4.78 is 28.1. The van der Waals surface area contributed by atoms with Crippen molar-refractivity contribution < 1.29 is 23.5 Å². The zero-order valence-corrected chi connectivity index (χ0v) is 14.7. The Kier molecular flexibility index (Phi) is 4.92. The molecule has 0 radical (unpaired) electrons. The molecule has 8 nitrogen and oxygen atoms in total. The van der Waals surface area contributed by atoms with Crippen LogP contribution < -0.4 is 10.6 Å². The fourth-order valence-electron chi connectivity index (χ4n) is 2.89. The number of guanidine groups is 1. The summed E-state index contributed by atoms with van der Waals surface area (Å²) in [4.78, 5) is 32.6. The van der Waals surface area contributed by atoms with Crippen LogP contribution in [0.15, 0.2) is 34.3 Å². The maximum absolute atomic E-state index is 14.0. The first-order valence-electron chi connectivity index (χ1n) is 8.34. The molecule has 1 saturated heterocycles. The second kappa shape index (κ2) is 7.03. The number of halogens is 2. The highest BCUT2D eigenvalue weighted by Gasteiger charge is 2.49. The van der Waals surface area contributed by atoms with Crippen molar-refractivity contribution in [3.05, 3.63) is 29.8 Å². The fourth-order valence-corrected chi connectivity index (χ4v) is 2.89. The van der Waals surface area contributed by atoms with Crippen molar-refractivity contribution in [2.45, 2.75) is 38.0 Å². The Balaban J connectivity index is 1.84. The minimum atomic E-state index is -3.52. The van der Waals surface area contributed by atoms with Crippen LogP contribution in [0.2, 0.25) is 0 Å². The number of nitrogens with zero attached hydrogens (tertiary/aromatic N) is 3. The summed E-state index contributed by atoms with van der Waals surface area (Å²) in [6.45, 7) is 2.76. The topological polar surface area (TPSA) is 106 Å². The lowest BCUT2D eigenvalue weighted by atomic mass is 10.1. The number of hydrogen-bond donors (Lipinski definition) is 3. The number of benzene rings is 1. The van der Waals surface area contributed by atoms with Crippen LogP contribution in [-0.4, -0.2) is 64.8 Å². The molecule has 1 aromatic rings. The number of hydrogen-bond acceptors (Lipinski definition) is 6. The Morgan fingerprint density at radius 3 is 2.63 bits per heavy atom. The lowest BCUT2D eigenvalue weighted by Gasteiger charge is -2.35. The quantitative estimate of drug-likeness (QED) is 0.736. The number of rotatable bonds is 3. The van der Waals surface area contributed by atoms with E-state index in [9.17, 15) is 18.4 Å². The summed E-state index contributed by atoms with van der Waals surface area (Å²) in [5.74, 6) is -5.72. The molecular formula is C17H19F2N5O3. The van der Waals surface area contributed by atoms with Gasteiger partial charge in [-0.2, -0.15) is 8.78 Å². The molecule has 0 aromatic heterocycles. The number of carboxylic acids is 1. The Bertz CT molecular complexity index is 807. The van der Waals surface area contributed by atoms with Gasteiger partial charge in [0.2, 0.25) is 5.96 Å². The molecule has 1 aromatic carbocycles. The summed E-state index contributed by atoms with van der Waals surface area (Å²) in [6, 6.07) is 4.91. The molecule has 0 spiro atoms. The molecule has 2 heterocycles. The highest BCUT2D eigenvalue weighted by atomic mass is 19.3. The Morgan fingerprint density at radius 2 is 2.04 bits per heavy atom. The lowest BCUT2D eigenvalue weighted by molar-refractivity contribution is -0.146. The molecular weight excluding hydrogens is 360 g/mol. The van der Waals surface area contributed by atoms with Gasteiger partial charge >= 0.3 is 11.9 Å². The van der Waals surface area contributed by atoms with Crippen molar-refractivity contribution >= 4 is 29.7 Å². The lowest BCUT2D eigenvalue weighted by Crippen LogP contribution is -2.52. The minimum absolute atomic E-state index is 0.134. The zero-order valence-electron chi connectivity index (χ0n) is 14.7. The van der Waals surface area contributed by atoms with Gasteiger partial charge in [0.05, 0.1) is 12.1 Å².